The zero-order valence-electron chi connectivity index (χ0n) is 26.1. The largest absolute Gasteiger partial charge is 1.00 e. The maximum absolute atomic E-state index is 13.6. The number of anilines is 1. The molecule has 1 aliphatic carbocycles. The summed E-state index contributed by atoms with van der Waals surface area (Å²) in [5.41, 5.74) is 12.0. The van der Waals surface area contributed by atoms with Gasteiger partial charge in [-0.3, -0.25) is 4.79 Å². The molecule has 0 bridgehead atoms. The van der Waals surface area contributed by atoms with E-state index in [1.165, 1.54) is 17.7 Å². The van der Waals surface area contributed by atoms with Gasteiger partial charge >= 0.3 is 51.4 Å². The molecule has 9 nitrogen and oxygen atoms in total. The number of para-hydroxylation sites is 1. The van der Waals surface area contributed by atoms with Crippen LogP contribution in [0.5, 0.6) is 0 Å². The molecule has 0 fully saturated rings. The van der Waals surface area contributed by atoms with Crippen molar-refractivity contribution in [3.63, 3.8) is 0 Å². The number of benzene rings is 2. The number of aliphatic carboxylic acids is 1. The molecule has 2 aliphatic heterocycles. The molecule has 5 rings (SSSR count). The number of unbranched alkanes of at least 4 members (excludes halogenated alkanes) is 2. The van der Waals surface area contributed by atoms with Crippen molar-refractivity contribution in [2.45, 2.75) is 69.1 Å². The Bertz CT molecular complexity index is 1800. The van der Waals surface area contributed by atoms with Gasteiger partial charge in [-0.25, -0.2) is 8.42 Å². The van der Waals surface area contributed by atoms with Gasteiger partial charge < -0.3 is 25.1 Å². The first kappa shape index (κ1) is 34.5. The van der Waals surface area contributed by atoms with Crippen molar-refractivity contribution in [1.29, 1.82) is 0 Å². The van der Waals surface area contributed by atoms with Gasteiger partial charge in [0.05, 0.1) is 21.6 Å². The van der Waals surface area contributed by atoms with Crippen molar-refractivity contribution in [1.82, 2.24) is 0 Å². The number of Topliss-reactive ketones (excluding diaryl/α,β-unsaturated/α-hetero) is 1. The molecule has 44 heavy (non-hydrogen) atoms. The number of ketones is 1. The number of carbonyl (C=O) groups excluding carboxylic acids is 2. The van der Waals surface area contributed by atoms with Crippen molar-refractivity contribution in [2.75, 3.05) is 18.5 Å². The number of carboxylic acids is 1. The Balaban J connectivity index is 0.00000442. The van der Waals surface area contributed by atoms with Gasteiger partial charge in [0.15, 0.2) is 11.5 Å². The summed E-state index contributed by atoms with van der Waals surface area (Å²) in [5, 5.41) is 10.8. The Morgan fingerprint density at radius 2 is 1.68 bits per heavy atom. The van der Waals surface area contributed by atoms with Crippen LogP contribution < -0.4 is 67.1 Å². The van der Waals surface area contributed by atoms with E-state index >= 15 is 0 Å². The molecular weight excluding hydrogens is 606 g/mol. The third-order valence-corrected chi connectivity index (χ3v) is 9.82. The Morgan fingerprint density at radius 3 is 2.30 bits per heavy atom. The average Bonchev–Trinajstić information content (AvgIpc) is 3.27. The standard InChI is InChI=1S/C33H37N3O6S.K/c1-32(2)23-11-8-9-12-25(23)35(5)27(32)18-21-30(34)22(31(21)39)19-28-33(3,4)24-17-20(43(40,41)42)14-15-26(24)36(28)16-10-6-7-13-29(37)38;/h8-9,11-12,14-15,17-19H,6-7,10,13,16H2,1-5H3,(H3-,34,37,38,39,40,41,42);/q;+1/p-1. The third-order valence-electron chi connectivity index (χ3n) is 8.99. The van der Waals surface area contributed by atoms with Crippen LogP contribution in [0.2, 0.25) is 0 Å². The first-order chi connectivity index (χ1) is 20.1. The Labute approximate surface area is 301 Å². The number of nitrogens with zero attached hydrogens (tertiary/aromatic N) is 2. The fraction of sp³-hybridized carbons (Fsp3) is 0.364. The Morgan fingerprint density at radius 1 is 1.00 bits per heavy atom. The third kappa shape index (κ3) is 5.95. The second-order valence-electron chi connectivity index (χ2n) is 12.4. The van der Waals surface area contributed by atoms with E-state index in [0.717, 1.165) is 22.8 Å². The van der Waals surface area contributed by atoms with Crippen LogP contribution >= 0.6 is 0 Å². The van der Waals surface area contributed by atoms with Gasteiger partial charge in [-0.2, -0.15) is 4.58 Å². The summed E-state index contributed by atoms with van der Waals surface area (Å²) < 4.78 is 37.6. The molecule has 0 saturated carbocycles. The van der Waals surface area contributed by atoms with Crippen molar-refractivity contribution in [3.05, 3.63) is 88.3 Å². The monoisotopic (exact) mass is 641 g/mol. The normalized spacial score (nSPS) is 20.1. The number of hydrogen-bond acceptors (Lipinski definition) is 8. The first-order valence-corrected chi connectivity index (χ1v) is 15.7. The first-order valence-electron chi connectivity index (χ1n) is 14.3. The number of fused-ring (bicyclic) bond motifs is 2. The van der Waals surface area contributed by atoms with Crippen molar-refractivity contribution in [3.8, 4) is 0 Å². The average molecular weight is 642 g/mol. The zero-order chi connectivity index (χ0) is 31.5. The van der Waals surface area contributed by atoms with E-state index in [1.54, 1.807) is 12.1 Å². The molecule has 0 spiro atoms. The van der Waals surface area contributed by atoms with Crippen LogP contribution in [0.25, 0.3) is 0 Å². The van der Waals surface area contributed by atoms with Crippen molar-refractivity contribution in [2.24, 2.45) is 5.73 Å². The topological polar surface area (TPSA) is 147 Å². The van der Waals surface area contributed by atoms with E-state index < -0.39 is 21.5 Å². The molecular formula is C33H36KN3O6S. The molecule has 2 heterocycles. The van der Waals surface area contributed by atoms with Crippen LogP contribution in [-0.4, -0.2) is 48.6 Å². The van der Waals surface area contributed by atoms with E-state index in [4.69, 9.17) is 5.73 Å². The van der Waals surface area contributed by atoms with Gasteiger partial charge in [0.2, 0.25) is 5.69 Å². The number of rotatable bonds is 9. The fourth-order valence-electron chi connectivity index (χ4n) is 6.52. The minimum Gasteiger partial charge on any atom is -0.744 e. The summed E-state index contributed by atoms with van der Waals surface area (Å²) in [4.78, 5) is 26.1. The number of nitrogens with two attached hydrogens (primary N) is 1. The summed E-state index contributed by atoms with van der Waals surface area (Å²) in [7, 11) is -2.70. The number of carbonyl (C=O) groups is 2. The van der Waals surface area contributed by atoms with Crippen LogP contribution in [0.15, 0.2) is 82.1 Å². The molecule has 2 N–H and O–H groups in total. The van der Waals surface area contributed by atoms with Gasteiger partial charge in [-0.05, 0) is 62.9 Å². The van der Waals surface area contributed by atoms with Crippen LogP contribution in [0.3, 0.4) is 0 Å². The molecule has 0 unspecified atom stereocenters. The molecule has 226 valence electrons. The predicted octanol–water partition coefficient (Wildman–Crippen LogP) is 0.315. The molecule has 0 aromatic heterocycles. The van der Waals surface area contributed by atoms with E-state index in [1.807, 2.05) is 44.0 Å². The van der Waals surface area contributed by atoms with Gasteiger partial charge in [0.1, 0.15) is 17.2 Å². The zero-order valence-corrected chi connectivity index (χ0v) is 30.0. The Hall–Kier alpha value is -2.38. The number of allylic oxidation sites excluding steroid dienone is 5. The molecule has 0 amide bonds. The van der Waals surface area contributed by atoms with Crippen LogP contribution in [0, 0.1) is 0 Å². The summed E-state index contributed by atoms with van der Waals surface area (Å²) in [5.74, 6) is -1.27. The van der Waals surface area contributed by atoms with Crippen molar-refractivity contribution < 1.29 is 83.6 Å². The summed E-state index contributed by atoms with van der Waals surface area (Å²) in [6, 6.07) is 12.4. The summed E-state index contributed by atoms with van der Waals surface area (Å²) in [6.45, 7) is 8.56. The summed E-state index contributed by atoms with van der Waals surface area (Å²) >= 11 is 0. The van der Waals surface area contributed by atoms with Crippen LogP contribution in [0.4, 0.5) is 11.4 Å². The molecule has 2 aromatic carbocycles. The van der Waals surface area contributed by atoms with Crippen LogP contribution in [-0.2, 0) is 30.5 Å². The van der Waals surface area contributed by atoms with Crippen molar-refractivity contribution >= 4 is 39.0 Å². The quantitative estimate of drug-likeness (QED) is 0.135. The molecule has 2 aromatic rings. The molecule has 0 saturated heterocycles. The van der Waals surface area contributed by atoms with Gasteiger partial charge in [0.25, 0.3) is 0 Å². The molecule has 0 radical (unpaired) electrons. The predicted molar refractivity (Wildman–Crippen MR) is 161 cm³/mol. The van der Waals surface area contributed by atoms with E-state index in [-0.39, 0.29) is 73.9 Å². The second kappa shape index (κ2) is 12.4. The maximum atomic E-state index is 13.6. The molecule has 0 atom stereocenters. The second-order valence-corrected chi connectivity index (χ2v) is 13.8. The Kier molecular flexibility index (Phi) is 9.74. The number of hydrogen-bond donors (Lipinski definition) is 1. The SMILES string of the molecule is C[N+]1=C(C=C2C(=O)C(C=C3N(CCCCCC(=O)[O-])c4ccc(S(=O)(=O)[O-])cc4C3(C)C)=C2N)C(C)(C)c2ccccc21.[K+]. The maximum Gasteiger partial charge on any atom is 1.00 e. The van der Waals surface area contributed by atoms with E-state index in [9.17, 15) is 27.7 Å². The van der Waals surface area contributed by atoms with Gasteiger partial charge in [0, 0.05) is 52.6 Å². The molecule has 3 aliphatic rings. The van der Waals surface area contributed by atoms with Crippen LogP contribution in [0.1, 0.15) is 64.5 Å². The smallest absolute Gasteiger partial charge is 0.744 e. The minimum absolute atomic E-state index is 0. The van der Waals surface area contributed by atoms with Gasteiger partial charge in [-0.15, -0.1) is 0 Å². The van der Waals surface area contributed by atoms with E-state index in [2.05, 4.69) is 30.6 Å². The molecule has 11 heteroatoms. The summed E-state index contributed by atoms with van der Waals surface area (Å²) in [6.07, 6.45) is 5.37. The van der Waals surface area contributed by atoms with Gasteiger partial charge in [-0.1, -0.05) is 38.5 Å². The number of carboxylic acid groups (broad SMARTS) is 1. The van der Waals surface area contributed by atoms with E-state index in [0.29, 0.717) is 48.2 Å². The minimum atomic E-state index is -4.68. The fourth-order valence-corrected chi connectivity index (χ4v) is 7.02.